The molecule has 7 heteroatoms. The predicted octanol–water partition coefficient (Wildman–Crippen LogP) is 2.60. The molecule has 0 amide bonds. The third-order valence-electron chi connectivity index (χ3n) is 6.44. The highest BCUT2D eigenvalue weighted by Gasteiger charge is 2.32. The Hall–Kier alpha value is -2.16. The molecule has 4 rings (SSSR count). The van der Waals surface area contributed by atoms with Gasteiger partial charge in [-0.3, -0.25) is 4.90 Å². The summed E-state index contributed by atoms with van der Waals surface area (Å²) in [6.07, 6.45) is 1.94. The summed E-state index contributed by atoms with van der Waals surface area (Å²) in [6.45, 7) is 3.72. The van der Waals surface area contributed by atoms with Gasteiger partial charge in [0, 0.05) is 19.2 Å². The summed E-state index contributed by atoms with van der Waals surface area (Å²) in [7, 11) is 0. The second kappa shape index (κ2) is 11.8. The average molecular weight is 458 g/mol. The molecule has 0 aromatic heterocycles. The summed E-state index contributed by atoms with van der Waals surface area (Å²) < 4.78 is 17.1. The first-order chi connectivity index (χ1) is 16.1. The fourth-order valence-electron chi connectivity index (χ4n) is 4.46. The first-order valence-electron chi connectivity index (χ1n) is 11.9. The van der Waals surface area contributed by atoms with E-state index in [2.05, 4.69) is 35.2 Å². The molecule has 2 heterocycles. The maximum Gasteiger partial charge on any atom is 0.161 e. The molecule has 33 heavy (non-hydrogen) atoms. The standard InChI is InChI=1S/C26H35NO6/c28-17-22-15-23(29)24(30)16-27(22)10-2-1-3-11-31-18-19-4-6-20(7-5-19)21-8-9-25-26(14-21)33-13-12-32-25/h4-9,14,22-24,28-30H,1-3,10-13,15-18H2/t22-,23?,24+/m1/s1. The number of likely N-dealkylation sites (tertiary alicyclic amines) is 1. The van der Waals surface area contributed by atoms with E-state index >= 15 is 0 Å². The van der Waals surface area contributed by atoms with Crippen LogP contribution in [0.1, 0.15) is 31.2 Å². The van der Waals surface area contributed by atoms with E-state index in [1.54, 1.807) is 0 Å². The minimum absolute atomic E-state index is 0.0142. The molecule has 1 fully saturated rings. The number of hydrogen-bond donors (Lipinski definition) is 3. The van der Waals surface area contributed by atoms with Crippen molar-refractivity contribution in [3.63, 3.8) is 0 Å². The van der Waals surface area contributed by atoms with Crippen molar-refractivity contribution in [2.45, 2.75) is 50.5 Å². The van der Waals surface area contributed by atoms with Crippen LogP contribution in [-0.2, 0) is 11.3 Å². The first-order valence-corrected chi connectivity index (χ1v) is 11.9. The van der Waals surface area contributed by atoms with E-state index in [1.807, 2.05) is 12.1 Å². The molecule has 0 spiro atoms. The van der Waals surface area contributed by atoms with Crippen LogP contribution in [0.25, 0.3) is 11.1 Å². The van der Waals surface area contributed by atoms with Crippen molar-refractivity contribution in [1.82, 2.24) is 4.90 Å². The highest BCUT2D eigenvalue weighted by atomic mass is 16.6. The van der Waals surface area contributed by atoms with Gasteiger partial charge in [0.05, 0.1) is 25.4 Å². The highest BCUT2D eigenvalue weighted by Crippen LogP contribution is 2.34. The van der Waals surface area contributed by atoms with E-state index in [1.165, 1.54) is 0 Å². The van der Waals surface area contributed by atoms with Gasteiger partial charge in [-0.15, -0.1) is 0 Å². The zero-order valence-electron chi connectivity index (χ0n) is 19.1. The summed E-state index contributed by atoms with van der Waals surface area (Å²) in [5.74, 6) is 1.60. The van der Waals surface area contributed by atoms with Crippen molar-refractivity contribution in [1.29, 1.82) is 0 Å². The Labute approximate surface area is 195 Å². The van der Waals surface area contributed by atoms with E-state index in [0.29, 0.717) is 39.4 Å². The molecule has 1 unspecified atom stereocenters. The van der Waals surface area contributed by atoms with Gasteiger partial charge in [0.25, 0.3) is 0 Å². The molecule has 180 valence electrons. The molecule has 2 aromatic rings. The number of unbranched alkanes of at least 4 members (excludes halogenated alkanes) is 2. The van der Waals surface area contributed by atoms with Crippen LogP contribution < -0.4 is 9.47 Å². The molecular formula is C26H35NO6. The number of hydrogen-bond acceptors (Lipinski definition) is 7. The number of aliphatic hydroxyl groups is 3. The summed E-state index contributed by atoms with van der Waals surface area (Å²) in [6, 6.07) is 14.4. The van der Waals surface area contributed by atoms with Gasteiger partial charge in [-0.2, -0.15) is 0 Å². The van der Waals surface area contributed by atoms with Crippen molar-refractivity contribution in [3.05, 3.63) is 48.0 Å². The number of fused-ring (bicyclic) bond motifs is 1. The number of piperidine rings is 1. The Kier molecular flexibility index (Phi) is 8.58. The molecule has 0 radical (unpaired) electrons. The lowest BCUT2D eigenvalue weighted by molar-refractivity contribution is -0.0711. The van der Waals surface area contributed by atoms with Crippen LogP contribution in [0.5, 0.6) is 11.5 Å². The Morgan fingerprint density at radius 1 is 0.879 bits per heavy atom. The first kappa shape index (κ1) is 24.0. The lowest BCUT2D eigenvalue weighted by atomic mass is 9.97. The second-order valence-corrected chi connectivity index (χ2v) is 8.87. The minimum atomic E-state index is -0.734. The van der Waals surface area contributed by atoms with Crippen LogP contribution in [0.4, 0.5) is 0 Å². The molecule has 7 nitrogen and oxygen atoms in total. The maximum absolute atomic E-state index is 9.87. The van der Waals surface area contributed by atoms with Crippen molar-refractivity contribution in [2.24, 2.45) is 0 Å². The number of β-amino-alcohol motifs (C(OH)–C–C–N with tert-alkyl or cyclic N) is 1. The number of nitrogens with zero attached hydrogens (tertiary/aromatic N) is 1. The van der Waals surface area contributed by atoms with Gasteiger partial charge in [0.15, 0.2) is 11.5 Å². The Morgan fingerprint density at radius 2 is 1.64 bits per heavy atom. The van der Waals surface area contributed by atoms with E-state index in [9.17, 15) is 15.3 Å². The van der Waals surface area contributed by atoms with Gasteiger partial charge in [-0.25, -0.2) is 0 Å². The van der Waals surface area contributed by atoms with Gasteiger partial charge in [-0.05, 0) is 61.1 Å². The summed E-state index contributed by atoms with van der Waals surface area (Å²) in [5.41, 5.74) is 3.38. The Morgan fingerprint density at radius 3 is 2.42 bits per heavy atom. The maximum atomic E-state index is 9.87. The van der Waals surface area contributed by atoms with Gasteiger partial charge in [0.1, 0.15) is 13.2 Å². The van der Waals surface area contributed by atoms with Crippen LogP contribution >= 0.6 is 0 Å². The number of benzene rings is 2. The normalized spacial score (nSPS) is 22.9. The van der Waals surface area contributed by atoms with E-state index in [0.717, 1.165) is 54.0 Å². The SMILES string of the molecule is OC[C@H]1CC(O)[C@@H](O)CN1CCCCCOCc1ccc(-c2ccc3c(c2)OCCO3)cc1. The Bertz CT molecular complexity index is 874. The molecule has 1 saturated heterocycles. The topological polar surface area (TPSA) is 91.6 Å². The minimum Gasteiger partial charge on any atom is -0.486 e. The largest absolute Gasteiger partial charge is 0.486 e. The second-order valence-electron chi connectivity index (χ2n) is 8.87. The summed E-state index contributed by atoms with van der Waals surface area (Å²) in [5, 5.41) is 29.1. The third-order valence-corrected chi connectivity index (χ3v) is 6.44. The molecule has 0 saturated carbocycles. The molecule has 0 aliphatic carbocycles. The zero-order valence-corrected chi connectivity index (χ0v) is 19.1. The smallest absolute Gasteiger partial charge is 0.161 e. The number of aliphatic hydroxyl groups excluding tert-OH is 3. The zero-order chi connectivity index (χ0) is 23.0. The van der Waals surface area contributed by atoms with E-state index in [4.69, 9.17) is 14.2 Å². The van der Waals surface area contributed by atoms with E-state index in [-0.39, 0.29) is 12.6 Å². The highest BCUT2D eigenvalue weighted by molar-refractivity contribution is 5.67. The quantitative estimate of drug-likeness (QED) is 0.473. The fraction of sp³-hybridized carbons (Fsp3) is 0.538. The number of rotatable bonds is 10. The van der Waals surface area contributed by atoms with Gasteiger partial charge < -0.3 is 29.5 Å². The molecular weight excluding hydrogens is 422 g/mol. The van der Waals surface area contributed by atoms with Crippen molar-refractivity contribution >= 4 is 0 Å². The van der Waals surface area contributed by atoms with Gasteiger partial charge in [0.2, 0.25) is 0 Å². The molecule has 2 aromatic carbocycles. The lowest BCUT2D eigenvalue weighted by Crippen LogP contribution is -2.53. The van der Waals surface area contributed by atoms with Crippen LogP contribution in [0.3, 0.4) is 0 Å². The molecule has 0 bridgehead atoms. The molecule has 3 N–H and O–H groups in total. The monoisotopic (exact) mass is 457 g/mol. The summed E-state index contributed by atoms with van der Waals surface area (Å²) in [4.78, 5) is 2.08. The molecule has 2 aliphatic heterocycles. The van der Waals surface area contributed by atoms with Crippen molar-refractivity contribution in [3.8, 4) is 22.6 Å². The Balaban J connectivity index is 1.14. The fourth-order valence-corrected chi connectivity index (χ4v) is 4.46. The third kappa shape index (κ3) is 6.46. The van der Waals surface area contributed by atoms with Crippen molar-refractivity contribution < 1.29 is 29.5 Å². The van der Waals surface area contributed by atoms with Crippen LogP contribution in [0, 0.1) is 0 Å². The van der Waals surface area contributed by atoms with Gasteiger partial charge in [-0.1, -0.05) is 30.3 Å². The van der Waals surface area contributed by atoms with Gasteiger partial charge >= 0.3 is 0 Å². The predicted molar refractivity (Wildman–Crippen MR) is 125 cm³/mol. The molecule has 2 aliphatic rings. The van der Waals surface area contributed by atoms with Crippen LogP contribution in [0.2, 0.25) is 0 Å². The lowest BCUT2D eigenvalue weighted by Gasteiger charge is -2.39. The summed E-state index contributed by atoms with van der Waals surface area (Å²) >= 11 is 0. The van der Waals surface area contributed by atoms with Crippen LogP contribution in [-0.4, -0.2) is 78.0 Å². The number of ether oxygens (including phenoxy) is 3. The average Bonchev–Trinajstić information content (AvgIpc) is 2.85. The van der Waals surface area contributed by atoms with E-state index < -0.39 is 12.2 Å². The van der Waals surface area contributed by atoms with Crippen LogP contribution in [0.15, 0.2) is 42.5 Å². The van der Waals surface area contributed by atoms with Crippen molar-refractivity contribution in [2.75, 3.05) is 39.5 Å². The molecule has 3 atom stereocenters.